The fraction of sp³-hybridized carbons (Fsp3) is 0.308. The standard InChI is InChI=1S/C13H16N2O5/c1-2-7-14(8-9-16)13(17)10-20-12-5-3-11(4-6-12)15(18)19/h2-6,16H,1,7-10H2. The summed E-state index contributed by atoms with van der Waals surface area (Å²) < 4.78 is 5.25. The molecule has 0 fully saturated rings. The summed E-state index contributed by atoms with van der Waals surface area (Å²) >= 11 is 0. The summed E-state index contributed by atoms with van der Waals surface area (Å²) in [5.74, 6) is 0.0730. The molecule has 1 aromatic rings. The molecule has 0 aliphatic carbocycles. The van der Waals surface area contributed by atoms with E-state index in [1.54, 1.807) is 6.08 Å². The van der Waals surface area contributed by atoms with Crippen molar-refractivity contribution in [2.45, 2.75) is 0 Å². The molecule has 1 amide bonds. The van der Waals surface area contributed by atoms with Crippen LogP contribution in [0.5, 0.6) is 5.75 Å². The highest BCUT2D eigenvalue weighted by atomic mass is 16.6. The van der Waals surface area contributed by atoms with Crippen LogP contribution >= 0.6 is 0 Å². The first-order chi connectivity index (χ1) is 9.58. The molecule has 1 aromatic carbocycles. The van der Waals surface area contributed by atoms with E-state index in [-0.39, 0.29) is 31.4 Å². The molecule has 0 spiro atoms. The van der Waals surface area contributed by atoms with E-state index in [4.69, 9.17) is 9.84 Å². The van der Waals surface area contributed by atoms with Crippen molar-refractivity contribution in [2.75, 3.05) is 26.3 Å². The van der Waals surface area contributed by atoms with Crippen molar-refractivity contribution in [2.24, 2.45) is 0 Å². The van der Waals surface area contributed by atoms with E-state index in [2.05, 4.69) is 6.58 Å². The van der Waals surface area contributed by atoms with Gasteiger partial charge in [-0.15, -0.1) is 6.58 Å². The van der Waals surface area contributed by atoms with Crippen LogP contribution in [0.25, 0.3) is 0 Å². The van der Waals surface area contributed by atoms with Crippen LogP contribution in [-0.4, -0.2) is 47.1 Å². The number of aliphatic hydroxyl groups excluding tert-OH is 1. The van der Waals surface area contributed by atoms with Gasteiger partial charge in [-0.25, -0.2) is 0 Å². The number of ether oxygens (including phenoxy) is 1. The zero-order valence-corrected chi connectivity index (χ0v) is 10.9. The molecule has 0 aliphatic heterocycles. The van der Waals surface area contributed by atoms with Gasteiger partial charge in [0.05, 0.1) is 11.5 Å². The van der Waals surface area contributed by atoms with Gasteiger partial charge in [-0.3, -0.25) is 14.9 Å². The number of nitrogens with zero attached hydrogens (tertiary/aromatic N) is 2. The summed E-state index contributed by atoms with van der Waals surface area (Å²) in [5.41, 5.74) is -0.0442. The van der Waals surface area contributed by atoms with E-state index >= 15 is 0 Å². The van der Waals surface area contributed by atoms with Crippen molar-refractivity contribution in [1.29, 1.82) is 0 Å². The molecule has 0 atom stereocenters. The number of nitro benzene ring substituents is 1. The van der Waals surface area contributed by atoms with Gasteiger partial charge in [0.25, 0.3) is 11.6 Å². The van der Waals surface area contributed by atoms with Gasteiger partial charge < -0.3 is 14.7 Å². The molecule has 7 nitrogen and oxygen atoms in total. The number of aliphatic hydroxyl groups is 1. The third-order valence-corrected chi connectivity index (χ3v) is 2.48. The molecular weight excluding hydrogens is 264 g/mol. The second-order valence-corrected chi connectivity index (χ2v) is 3.89. The first-order valence-electron chi connectivity index (χ1n) is 5.95. The molecule has 20 heavy (non-hydrogen) atoms. The molecule has 108 valence electrons. The van der Waals surface area contributed by atoms with Crippen LogP contribution in [0.3, 0.4) is 0 Å². The lowest BCUT2D eigenvalue weighted by molar-refractivity contribution is -0.384. The van der Waals surface area contributed by atoms with Gasteiger partial charge in [0.15, 0.2) is 6.61 Å². The third-order valence-electron chi connectivity index (χ3n) is 2.48. The molecule has 0 heterocycles. The number of carbonyl (C=O) groups excluding carboxylic acids is 1. The minimum atomic E-state index is -0.512. The highest BCUT2D eigenvalue weighted by molar-refractivity contribution is 5.77. The number of rotatable bonds is 8. The smallest absolute Gasteiger partial charge is 0.269 e. The average Bonchev–Trinajstić information content (AvgIpc) is 2.45. The lowest BCUT2D eigenvalue weighted by Gasteiger charge is -2.19. The average molecular weight is 280 g/mol. The minimum Gasteiger partial charge on any atom is -0.484 e. The van der Waals surface area contributed by atoms with Crippen LogP contribution < -0.4 is 4.74 Å². The highest BCUT2D eigenvalue weighted by Crippen LogP contribution is 2.17. The largest absolute Gasteiger partial charge is 0.484 e. The first kappa shape index (κ1) is 15.6. The zero-order valence-electron chi connectivity index (χ0n) is 10.9. The van der Waals surface area contributed by atoms with E-state index in [9.17, 15) is 14.9 Å². The SMILES string of the molecule is C=CCN(CCO)C(=O)COc1ccc([N+](=O)[O-])cc1. The fourth-order valence-electron chi connectivity index (χ4n) is 1.49. The quantitative estimate of drug-likeness (QED) is 0.435. The molecule has 1 rings (SSSR count). The summed E-state index contributed by atoms with van der Waals surface area (Å²) in [6.07, 6.45) is 1.55. The number of carbonyl (C=O) groups is 1. The van der Waals surface area contributed by atoms with Crippen molar-refractivity contribution in [1.82, 2.24) is 4.90 Å². The van der Waals surface area contributed by atoms with Gasteiger partial charge in [-0.1, -0.05) is 6.08 Å². The molecule has 0 saturated heterocycles. The van der Waals surface area contributed by atoms with E-state index in [0.29, 0.717) is 12.3 Å². The molecule has 0 radical (unpaired) electrons. The van der Waals surface area contributed by atoms with E-state index < -0.39 is 4.92 Å². The Hall–Kier alpha value is -2.41. The van der Waals surface area contributed by atoms with Crippen molar-refractivity contribution < 1.29 is 19.6 Å². The number of hydrogen-bond acceptors (Lipinski definition) is 5. The van der Waals surface area contributed by atoms with Crippen molar-refractivity contribution in [3.63, 3.8) is 0 Å². The summed E-state index contributed by atoms with van der Waals surface area (Å²) in [6.45, 7) is 3.71. The van der Waals surface area contributed by atoms with Crippen molar-refractivity contribution in [3.05, 3.63) is 47.0 Å². The van der Waals surface area contributed by atoms with Crippen LogP contribution in [0, 0.1) is 10.1 Å². The van der Waals surface area contributed by atoms with Gasteiger partial charge in [0, 0.05) is 25.2 Å². The molecule has 0 aliphatic rings. The molecule has 0 saturated carbocycles. The van der Waals surface area contributed by atoms with Crippen molar-refractivity contribution in [3.8, 4) is 5.75 Å². The predicted molar refractivity (Wildman–Crippen MR) is 72.5 cm³/mol. The maximum atomic E-state index is 11.8. The minimum absolute atomic E-state index is 0.0442. The van der Waals surface area contributed by atoms with Crippen molar-refractivity contribution >= 4 is 11.6 Å². The number of benzene rings is 1. The fourth-order valence-corrected chi connectivity index (χ4v) is 1.49. The summed E-state index contributed by atoms with van der Waals surface area (Å²) in [4.78, 5) is 23.2. The third kappa shape index (κ3) is 4.69. The Morgan fingerprint density at radius 2 is 2.10 bits per heavy atom. The molecule has 1 N–H and O–H groups in total. The monoisotopic (exact) mass is 280 g/mol. The van der Waals surface area contributed by atoms with Gasteiger partial charge in [0.1, 0.15) is 5.75 Å². The number of amides is 1. The molecule has 0 unspecified atom stereocenters. The normalized spacial score (nSPS) is 9.85. The Balaban J connectivity index is 2.54. The summed E-state index contributed by atoms with van der Waals surface area (Å²) in [7, 11) is 0. The lowest BCUT2D eigenvalue weighted by atomic mass is 10.3. The number of hydrogen-bond donors (Lipinski definition) is 1. The van der Waals surface area contributed by atoms with Crippen LogP contribution in [0.2, 0.25) is 0 Å². The van der Waals surface area contributed by atoms with Crippen LogP contribution in [0.4, 0.5) is 5.69 Å². The number of non-ortho nitro benzene ring substituents is 1. The van der Waals surface area contributed by atoms with Crippen LogP contribution in [0.1, 0.15) is 0 Å². The first-order valence-corrected chi connectivity index (χ1v) is 5.95. The van der Waals surface area contributed by atoms with E-state index in [1.807, 2.05) is 0 Å². The Labute approximate surface area is 116 Å². The molecule has 0 bridgehead atoms. The van der Waals surface area contributed by atoms with Gasteiger partial charge in [0.2, 0.25) is 0 Å². The Morgan fingerprint density at radius 3 is 2.60 bits per heavy atom. The van der Waals surface area contributed by atoms with Crippen LogP contribution in [-0.2, 0) is 4.79 Å². The maximum Gasteiger partial charge on any atom is 0.269 e. The number of nitro groups is 1. The predicted octanol–water partition coefficient (Wildman–Crippen LogP) is 0.980. The second-order valence-electron chi connectivity index (χ2n) is 3.89. The summed E-state index contributed by atoms with van der Waals surface area (Å²) in [6, 6.07) is 5.45. The van der Waals surface area contributed by atoms with E-state index in [1.165, 1.54) is 29.2 Å². The highest BCUT2D eigenvalue weighted by Gasteiger charge is 2.12. The summed E-state index contributed by atoms with van der Waals surface area (Å²) in [5, 5.41) is 19.3. The molecule has 0 aromatic heterocycles. The van der Waals surface area contributed by atoms with E-state index in [0.717, 1.165) is 0 Å². The van der Waals surface area contributed by atoms with Gasteiger partial charge >= 0.3 is 0 Å². The zero-order chi connectivity index (χ0) is 15.0. The van der Waals surface area contributed by atoms with Gasteiger partial charge in [-0.05, 0) is 12.1 Å². The maximum absolute atomic E-state index is 11.8. The molecule has 7 heteroatoms. The Morgan fingerprint density at radius 1 is 1.45 bits per heavy atom. The Bertz CT molecular complexity index is 472. The lowest BCUT2D eigenvalue weighted by Crippen LogP contribution is -2.37. The Kier molecular flexibility index (Phi) is 6.18. The van der Waals surface area contributed by atoms with Gasteiger partial charge in [-0.2, -0.15) is 0 Å². The second kappa shape index (κ2) is 7.90. The topological polar surface area (TPSA) is 92.9 Å². The van der Waals surface area contributed by atoms with Crippen LogP contribution in [0.15, 0.2) is 36.9 Å². The molecular formula is C13H16N2O5.